The van der Waals surface area contributed by atoms with Crippen LogP contribution in [0.15, 0.2) is 16.6 Å². The lowest BCUT2D eigenvalue weighted by molar-refractivity contribution is -0.145. The van der Waals surface area contributed by atoms with Crippen molar-refractivity contribution < 1.29 is 19.7 Å². The first-order chi connectivity index (χ1) is 9.01. The molecule has 2 N–H and O–H groups in total. The fraction of sp³-hybridized carbons (Fsp3) is 0.500. The monoisotopic (exact) mass is 328 g/mol. The molecule has 1 aliphatic carbocycles. The number of methoxy groups -OCH3 is 1. The number of carboxylic acids is 1. The highest BCUT2D eigenvalue weighted by molar-refractivity contribution is 9.10. The van der Waals surface area contributed by atoms with Gasteiger partial charge in [-0.3, -0.25) is 4.79 Å². The van der Waals surface area contributed by atoms with Crippen LogP contribution < -0.4 is 4.74 Å². The predicted octanol–water partition coefficient (Wildman–Crippen LogP) is 3.45. The lowest BCUT2D eigenvalue weighted by atomic mass is 9.69. The van der Waals surface area contributed by atoms with E-state index in [0.29, 0.717) is 28.6 Å². The summed E-state index contributed by atoms with van der Waals surface area (Å²) < 4.78 is 5.71. The molecule has 4 nitrogen and oxygen atoms in total. The third-order valence-corrected chi connectivity index (χ3v) is 4.56. The molecule has 1 fully saturated rings. The van der Waals surface area contributed by atoms with Gasteiger partial charge in [-0.25, -0.2) is 0 Å². The Morgan fingerprint density at radius 2 is 1.95 bits per heavy atom. The number of hydrogen-bond acceptors (Lipinski definition) is 3. The summed E-state index contributed by atoms with van der Waals surface area (Å²) in [6, 6.07) is 3.15. The van der Waals surface area contributed by atoms with Crippen molar-refractivity contribution >= 4 is 21.9 Å². The molecule has 0 heterocycles. The third kappa shape index (κ3) is 2.43. The van der Waals surface area contributed by atoms with Crippen molar-refractivity contribution in [3.05, 3.63) is 22.2 Å². The Morgan fingerprint density at radius 3 is 2.47 bits per heavy atom. The number of carbonyl (C=O) groups is 1. The van der Waals surface area contributed by atoms with Crippen LogP contribution in [0.2, 0.25) is 0 Å². The Hall–Kier alpha value is -1.23. The molecule has 19 heavy (non-hydrogen) atoms. The summed E-state index contributed by atoms with van der Waals surface area (Å²) in [6.45, 7) is 0. The second-order valence-electron chi connectivity index (χ2n) is 4.95. The molecule has 1 saturated carbocycles. The van der Waals surface area contributed by atoms with Gasteiger partial charge in [0.1, 0.15) is 0 Å². The molecule has 5 heteroatoms. The van der Waals surface area contributed by atoms with E-state index in [1.807, 2.05) is 0 Å². The van der Waals surface area contributed by atoms with Gasteiger partial charge in [-0.1, -0.05) is 35.2 Å². The summed E-state index contributed by atoms with van der Waals surface area (Å²) in [5.74, 6) is -0.487. The number of aliphatic carboxylic acids is 1. The lowest BCUT2D eigenvalue weighted by Crippen LogP contribution is -2.38. The minimum Gasteiger partial charge on any atom is -0.504 e. The number of rotatable bonds is 3. The van der Waals surface area contributed by atoms with Crippen molar-refractivity contribution in [3.8, 4) is 11.5 Å². The van der Waals surface area contributed by atoms with Crippen LogP contribution in [0.5, 0.6) is 11.5 Å². The molecule has 1 aromatic carbocycles. The smallest absolute Gasteiger partial charge is 0.314 e. The summed E-state index contributed by atoms with van der Waals surface area (Å²) in [5, 5.41) is 19.4. The molecule has 104 valence electrons. The van der Waals surface area contributed by atoms with E-state index in [2.05, 4.69) is 15.9 Å². The van der Waals surface area contributed by atoms with Gasteiger partial charge in [0.15, 0.2) is 11.5 Å². The molecule has 0 radical (unpaired) electrons. The fourth-order valence-corrected chi connectivity index (χ4v) is 3.54. The zero-order chi connectivity index (χ0) is 14.0. The molecule has 0 saturated heterocycles. The van der Waals surface area contributed by atoms with E-state index < -0.39 is 11.4 Å². The second kappa shape index (κ2) is 5.41. The number of phenols is 1. The maximum atomic E-state index is 11.8. The van der Waals surface area contributed by atoms with E-state index >= 15 is 0 Å². The molecular weight excluding hydrogens is 312 g/mol. The quantitative estimate of drug-likeness (QED) is 0.891. The van der Waals surface area contributed by atoms with Gasteiger partial charge >= 0.3 is 5.97 Å². The first kappa shape index (κ1) is 14.2. The van der Waals surface area contributed by atoms with Gasteiger partial charge in [0.25, 0.3) is 0 Å². The zero-order valence-corrected chi connectivity index (χ0v) is 12.4. The highest BCUT2D eigenvalue weighted by Gasteiger charge is 2.43. The van der Waals surface area contributed by atoms with Crippen molar-refractivity contribution in [2.75, 3.05) is 7.11 Å². The Balaban J connectivity index is 2.56. The largest absolute Gasteiger partial charge is 0.504 e. The van der Waals surface area contributed by atoms with Crippen molar-refractivity contribution in [1.82, 2.24) is 0 Å². The molecule has 2 rings (SSSR count). The van der Waals surface area contributed by atoms with Crippen molar-refractivity contribution in [2.45, 2.75) is 37.5 Å². The summed E-state index contributed by atoms with van der Waals surface area (Å²) in [4.78, 5) is 11.8. The van der Waals surface area contributed by atoms with Crippen LogP contribution in [0, 0.1) is 0 Å². The maximum Gasteiger partial charge on any atom is 0.314 e. The van der Waals surface area contributed by atoms with E-state index in [1.165, 1.54) is 13.2 Å². The topological polar surface area (TPSA) is 66.8 Å². The third-order valence-electron chi connectivity index (χ3n) is 3.90. The number of benzene rings is 1. The van der Waals surface area contributed by atoms with Gasteiger partial charge < -0.3 is 14.9 Å². The van der Waals surface area contributed by atoms with Crippen molar-refractivity contribution in [2.24, 2.45) is 0 Å². The van der Waals surface area contributed by atoms with Gasteiger partial charge in [0, 0.05) is 4.47 Å². The van der Waals surface area contributed by atoms with Gasteiger partial charge in [-0.2, -0.15) is 0 Å². The zero-order valence-electron chi connectivity index (χ0n) is 10.8. The first-order valence-corrected chi connectivity index (χ1v) is 7.11. The molecule has 0 unspecified atom stereocenters. The number of hydrogen-bond donors (Lipinski definition) is 2. The molecule has 0 aromatic heterocycles. The standard InChI is InChI=1S/C14H17BrO4/c1-19-12-7-9(10(15)8-11(12)16)14(13(17)18)5-3-2-4-6-14/h7-8,16H,2-6H2,1H3,(H,17,18). The summed E-state index contributed by atoms with van der Waals surface area (Å²) >= 11 is 3.37. The normalized spacial score (nSPS) is 18.0. The van der Waals surface area contributed by atoms with Crippen LogP contribution in [-0.4, -0.2) is 23.3 Å². The van der Waals surface area contributed by atoms with Crippen LogP contribution in [0.3, 0.4) is 0 Å². The summed E-state index contributed by atoms with van der Waals surface area (Å²) in [6.07, 6.45) is 4.12. The molecular formula is C14H17BrO4. The molecule has 0 aliphatic heterocycles. The molecule has 1 aliphatic rings. The van der Waals surface area contributed by atoms with Gasteiger partial charge in [0.2, 0.25) is 0 Å². The maximum absolute atomic E-state index is 11.8. The summed E-state index contributed by atoms with van der Waals surface area (Å²) in [7, 11) is 1.46. The minimum absolute atomic E-state index is 0.00877. The van der Waals surface area contributed by atoms with Gasteiger partial charge in [-0.15, -0.1) is 0 Å². The average Bonchev–Trinajstić information content (AvgIpc) is 2.39. The SMILES string of the molecule is COc1cc(C2(C(=O)O)CCCCC2)c(Br)cc1O. The Labute approximate surface area is 120 Å². The van der Waals surface area contributed by atoms with E-state index in [-0.39, 0.29) is 5.75 Å². The van der Waals surface area contributed by atoms with Crippen LogP contribution >= 0.6 is 15.9 Å². The number of carboxylic acid groups (broad SMARTS) is 1. The molecule has 1 aromatic rings. The first-order valence-electron chi connectivity index (χ1n) is 6.31. The van der Waals surface area contributed by atoms with Crippen LogP contribution in [0.25, 0.3) is 0 Å². The van der Waals surface area contributed by atoms with Crippen molar-refractivity contribution in [1.29, 1.82) is 0 Å². The molecule has 0 atom stereocenters. The fourth-order valence-electron chi connectivity index (χ4n) is 2.83. The minimum atomic E-state index is -0.877. The number of phenolic OH excluding ortho intramolecular Hbond substituents is 1. The number of ether oxygens (including phenoxy) is 1. The lowest BCUT2D eigenvalue weighted by Gasteiger charge is -2.34. The summed E-state index contributed by atoms with van der Waals surface area (Å²) in [5.41, 5.74) is -0.188. The van der Waals surface area contributed by atoms with E-state index in [9.17, 15) is 15.0 Å². The molecule has 0 spiro atoms. The van der Waals surface area contributed by atoms with Crippen LogP contribution in [0.1, 0.15) is 37.7 Å². The van der Waals surface area contributed by atoms with Crippen LogP contribution in [0.4, 0.5) is 0 Å². The van der Waals surface area contributed by atoms with E-state index in [4.69, 9.17) is 4.74 Å². The number of halogens is 1. The molecule has 0 amide bonds. The number of aromatic hydroxyl groups is 1. The van der Waals surface area contributed by atoms with Crippen LogP contribution in [-0.2, 0) is 10.2 Å². The Kier molecular flexibility index (Phi) is 4.04. The Morgan fingerprint density at radius 1 is 1.32 bits per heavy atom. The predicted molar refractivity (Wildman–Crippen MR) is 74.8 cm³/mol. The molecule has 0 bridgehead atoms. The highest BCUT2D eigenvalue weighted by Crippen LogP contribution is 2.45. The van der Waals surface area contributed by atoms with Crippen molar-refractivity contribution in [3.63, 3.8) is 0 Å². The van der Waals surface area contributed by atoms with E-state index in [0.717, 1.165) is 19.3 Å². The van der Waals surface area contributed by atoms with E-state index in [1.54, 1.807) is 6.07 Å². The van der Waals surface area contributed by atoms with Gasteiger partial charge in [-0.05, 0) is 30.5 Å². The second-order valence-corrected chi connectivity index (χ2v) is 5.81. The highest BCUT2D eigenvalue weighted by atomic mass is 79.9. The average molecular weight is 329 g/mol. The Bertz CT molecular complexity index is 492. The van der Waals surface area contributed by atoms with Gasteiger partial charge in [0.05, 0.1) is 12.5 Å².